The van der Waals surface area contributed by atoms with Crippen LogP contribution in [-0.2, 0) is 16.0 Å². The predicted octanol–water partition coefficient (Wildman–Crippen LogP) is 0.757. The molecular weight excluding hydrogens is 266 g/mol. The molecule has 2 fully saturated rings. The third kappa shape index (κ3) is 2.80. The molecule has 0 heterocycles. The molecule has 3 rings (SSSR count). The quantitative estimate of drug-likeness (QED) is 0.868. The summed E-state index contributed by atoms with van der Waals surface area (Å²) in [6, 6.07) is 9.95. The minimum atomic E-state index is -1.05. The number of carboxylic acid groups (broad SMARTS) is 1. The van der Waals surface area contributed by atoms with Crippen LogP contribution < -0.4 is 10.4 Å². The molecule has 0 aliphatic heterocycles. The molecule has 4 nitrogen and oxygen atoms in total. The molecule has 1 N–H and O–H groups in total. The summed E-state index contributed by atoms with van der Waals surface area (Å²) < 4.78 is 0. The smallest absolute Gasteiger partial charge is 0.224 e. The fraction of sp³-hybridized carbons (Fsp3) is 0.529. The second-order valence-corrected chi connectivity index (χ2v) is 6.23. The molecule has 2 aliphatic carbocycles. The fourth-order valence-corrected chi connectivity index (χ4v) is 4.10. The van der Waals surface area contributed by atoms with Crippen LogP contribution in [0.25, 0.3) is 0 Å². The van der Waals surface area contributed by atoms with E-state index >= 15 is 0 Å². The highest BCUT2D eigenvalue weighted by Crippen LogP contribution is 2.52. The highest BCUT2D eigenvalue weighted by atomic mass is 16.4. The average molecular weight is 286 g/mol. The number of fused-ring (bicyclic) bond motifs is 2. The van der Waals surface area contributed by atoms with E-state index in [-0.39, 0.29) is 23.7 Å². The molecule has 0 saturated heterocycles. The molecule has 4 heteroatoms. The lowest BCUT2D eigenvalue weighted by Gasteiger charge is -2.30. The number of amides is 1. The van der Waals surface area contributed by atoms with E-state index in [0.29, 0.717) is 6.54 Å². The molecule has 0 unspecified atom stereocenters. The minimum Gasteiger partial charge on any atom is -0.550 e. The lowest BCUT2D eigenvalue weighted by molar-refractivity contribution is -0.314. The van der Waals surface area contributed by atoms with Gasteiger partial charge in [-0.15, -0.1) is 0 Å². The Morgan fingerprint density at radius 2 is 1.76 bits per heavy atom. The maximum atomic E-state index is 12.3. The molecule has 112 valence electrons. The van der Waals surface area contributed by atoms with Crippen LogP contribution in [-0.4, -0.2) is 18.4 Å². The molecule has 1 amide bonds. The van der Waals surface area contributed by atoms with Crippen molar-refractivity contribution in [1.82, 2.24) is 5.32 Å². The molecular formula is C17H20NO3-. The first kappa shape index (κ1) is 14.1. The summed E-state index contributed by atoms with van der Waals surface area (Å²) in [5, 5.41) is 14.2. The van der Waals surface area contributed by atoms with Gasteiger partial charge in [-0.1, -0.05) is 30.3 Å². The van der Waals surface area contributed by atoms with Gasteiger partial charge >= 0.3 is 0 Å². The highest BCUT2D eigenvalue weighted by Gasteiger charge is 2.51. The van der Waals surface area contributed by atoms with Gasteiger partial charge in [-0.05, 0) is 43.1 Å². The van der Waals surface area contributed by atoms with Gasteiger partial charge in [0.1, 0.15) is 0 Å². The lowest BCUT2D eigenvalue weighted by Crippen LogP contribution is -2.46. The largest absolute Gasteiger partial charge is 0.550 e. The van der Waals surface area contributed by atoms with Crippen molar-refractivity contribution in [2.24, 2.45) is 23.7 Å². The molecule has 0 spiro atoms. The summed E-state index contributed by atoms with van der Waals surface area (Å²) in [6.45, 7) is 0.552. The number of nitrogens with one attached hydrogen (secondary N) is 1. The fourth-order valence-electron chi connectivity index (χ4n) is 4.10. The Balaban J connectivity index is 1.56. The topological polar surface area (TPSA) is 69.2 Å². The van der Waals surface area contributed by atoms with Gasteiger partial charge in [0.25, 0.3) is 0 Å². The number of hydrogen-bond donors (Lipinski definition) is 1. The molecule has 1 aromatic rings. The van der Waals surface area contributed by atoms with E-state index in [1.807, 2.05) is 30.3 Å². The molecule has 2 bridgehead atoms. The zero-order valence-electron chi connectivity index (χ0n) is 12.0. The number of aliphatic carboxylic acids is 1. The van der Waals surface area contributed by atoms with Crippen molar-refractivity contribution >= 4 is 11.9 Å². The van der Waals surface area contributed by atoms with Crippen LogP contribution >= 0.6 is 0 Å². The Bertz CT molecular complexity index is 528. The van der Waals surface area contributed by atoms with E-state index in [1.165, 1.54) is 5.56 Å². The first-order valence-corrected chi connectivity index (χ1v) is 7.69. The van der Waals surface area contributed by atoms with Crippen molar-refractivity contribution in [3.8, 4) is 0 Å². The van der Waals surface area contributed by atoms with Crippen LogP contribution in [0.2, 0.25) is 0 Å². The van der Waals surface area contributed by atoms with E-state index < -0.39 is 11.9 Å². The number of carbonyl (C=O) groups is 2. The highest BCUT2D eigenvalue weighted by molar-refractivity contribution is 5.85. The van der Waals surface area contributed by atoms with Crippen molar-refractivity contribution in [2.75, 3.05) is 6.54 Å². The van der Waals surface area contributed by atoms with Gasteiger partial charge in [-0.2, -0.15) is 0 Å². The molecule has 4 atom stereocenters. The van der Waals surface area contributed by atoms with Gasteiger partial charge in [0, 0.05) is 24.3 Å². The van der Waals surface area contributed by atoms with Gasteiger partial charge in [0.05, 0.1) is 0 Å². The maximum Gasteiger partial charge on any atom is 0.224 e. The van der Waals surface area contributed by atoms with Crippen molar-refractivity contribution < 1.29 is 14.7 Å². The Labute approximate surface area is 124 Å². The summed E-state index contributed by atoms with van der Waals surface area (Å²) in [5.41, 5.74) is 1.17. The molecule has 21 heavy (non-hydrogen) atoms. The van der Waals surface area contributed by atoms with Gasteiger partial charge in [-0.25, -0.2) is 0 Å². The summed E-state index contributed by atoms with van der Waals surface area (Å²) in [7, 11) is 0. The maximum absolute atomic E-state index is 12.3. The van der Waals surface area contributed by atoms with Gasteiger partial charge < -0.3 is 15.2 Å². The van der Waals surface area contributed by atoms with Gasteiger partial charge in [0.2, 0.25) is 5.91 Å². The number of benzene rings is 1. The zero-order chi connectivity index (χ0) is 14.8. The van der Waals surface area contributed by atoms with E-state index in [1.54, 1.807) is 0 Å². The Morgan fingerprint density at radius 1 is 1.10 bits per heavy atom. The minimum absolute atomic E-state index is 0.104. The van der Waals surface area contributed by atoms with Crippen LogP contribution in [0.1, 0.15) is 24.8 Å². The Kier molecular flexibility index (Phi) is 3.95. The van der Waals surface area contributed by atoms with E-state index in [0.717, 1.165) is 25.7 Å². The molecule has 0 radical (unpaired) electrons. The predicted molar refractivity (Wildman–Crippen MR) is 76.0 cm³/mol. The second kappa shape index (κ2) is 5.88. The number of carbonyl (C=O) groups excluding carboxylic acids is 2. The van der Waals surface area contributed by atoms with E-state index in [4.69, 9.17) is 0 Å². The van der Waals surface area contributed by atoms with Crippen molar-refractivity contribution in [1.29, 1.82) is 0 Å². The van der Waals surface area contributed by atoms with Crippen molar-refractivity contribution in [3.05, 3.63) is 35.9 Å². The summed E-state index contributed by atoms with van der Waals surface area (Å²) >= 11 is 0. The molecule has 1 aromatic carbocycles. The van der Waals surface area contributed by atoms with Crippen LogP contribution in [0.3, 0.4) is 0 Å². The van der Waals surface area contributed by atoms with Crippen LogP contribution in [0.5, 0.6) is 0 Å². The van der Waals surface area contributed by atoms with E-state index in [2.05, 4.69) is 5.32 Å². The summed E-state index contributed by atoms with van der Waals surface area (Å²) in [6.07, 6.45) is 3.54. The van der Waals surface area contributed by atoms with Gasteiger partial charge in [-0.3, -0.25) is 4.79 Å². The standard InChI is InChI=1S/C17H21NO3/c19-16(18-9-8-11-4-2-1-3-5-11)14-12-6-7-13(10-12)15(14)17(20)21/h1-5,12-15H,6-10H2,(H,18,19)(H,20,21)/p-1/t12-,13-,14-,15-/m0/s1. The third-order valence-electron chi connectivity index (χ3n) is 5.05. The average Bonchev–Trinajstić information content (AvgIpc) is 3.08. The Hall–Kier alpha value is -1.84. The van der Waals surface area contributed by atoms with Crippen molar-refractivity contribution in [2.45, 2.75) is 25.7 Å². The normalized spacial score (nSPS) is 30.3. The summed E-state index contributed by atoms with van der Waals surface area (Å²) in [5.74, 6) is -1.75. The van der Waals surface area contributed by atoms with Crippen LogP contribution in [0.4, 0.5) is 0 Å². The van der Waals surface area contributed by atoms with Crippen LogP contribution in [0, 0.1) is 23.7 Å². The number of carboxylic acids is 1. The second-order valence-electron chi connectivity index (χ2n) is 6.23. The Morgan fingerprint density at radius 3 is 2.43 bits per heavy atom. The van der Waals surface area contributed by atoms with Gasteiger partial charge in [0.15, 0.2) is 0 Å². The molecule has 2 aliphatic rings. The molecule has 2 saturated carbocycles. The summed E-state index contributed by atoms with van der Waals surface area (Å²) in [4.78, 5) is 23.6. The lowest BCUT2D eigenvalue weighted by atomic mass is 9.78. The van der Waals surface area contributed by atoms with Crippen molar-refractivity contribution in [3.63, 3.8) is 0 Å². The third-order valence-corrected chi connectivity index (χ3v) is 5.05. The monoisotopic (exact) mass is 286 g/mol. The first-order valence-electron chi connectivity index (χ1n) is 7.69. The first-order chi connectivity index (χ1) is 10.2. The zero-order valence-corrected chi connectivity index (χ0v) is 12.0. The number of rotatable bonds is 5. The molecule has 0 aromatic heterocycles. The van der Waals surface area contributed by atoms with E-state index in [9.17, 15) is 14.7 Å². The SMILES string of the molecule is O=C([O-])[C@H]1[C@H]2CC[C@@H](C2)[C@@H]1C(=O)NCCc1ccccc1. The number of hydrogen-bond acceptors (Lipinski definition) is 3. The van der Waals surface area contributed by atoms with Crippen LogP contribution in [0.15, 0.2) is 30.3 Å².